The zero-order valence-corrected chi connectivity index (χ0v) is 18.3. The molecular formula is C24H30N2O4. The van der Waals surface area contributed by atoms with Crippen LogP contribution in [0.5, 0.6) is 5.75 Å². The lowest BCUT2D eigenvalue weighted by molar-refractivity contribution is 0.0527. The number of benzene rings is 2. The van der Waals surface area contributed by atoms with E-state index in [1.807, 2.05) is 55.8 Å². The number of rotatable bonds is 8. The first-order valence-electron chi connectivity index (χ1n) is 10.2. The van der Waals surface area contributed by atoms with E-state index in [0.29, 0.717) is 24.5 Å². The predicted octanol–water partition coefficient (Wildman–Crippen LogP) is 4.13. The van der Waals surface area contributed by atoms with Crippen molar-refractivity contribution in [1.29, 1.82) is 0 Å². The molecule has 1 heterocycles. The van der Waals surface area contributed by atoms with E-state index in [1.165, 1.54) is 5.56 Å². The number of anilines is 1. The van der Waals surface area contributed by atoms with Crippen molar-refractivity contribution in [2.45, 2.75) is 33.8 Å². The van der Waals surface area contributed by atoms with Gasteiger partial charge in [0.15, 0.2) is 0 Å². The van der Waals surface area contributed by atoms with Gasteiger partial charge in [0.25, 0.3) is 0 Å². The van der Waals surface area contributed by atoms with Crippen molar-refractivity contribution in [3.05, 3.63) is 58.8 Å². The molecule has 1 atom stereocenters. The van der Waals surface area contributed by atoms with E-state index in [2.05, 4.69) is 18.3 Å². The number of carbonyl (C=O) groups excluding carboxylic acids is 1. The van der Waals surface area contributed by atoms with E-state index in [9.17, 15) is 9.90 Å². The molecule has 0 amide bonds. The molecule has 2 aromatic carbocycles. The molecule has 0 saturated heterocycles. The molecule has 30 heavy (non-hydrogen) atoms. The lowest BCUT2D eigenvalue weighted by Gasteiger charge is -2.16. The van der Waals surface area contributed by atoms with Crippen LogP contribution < -0.4 is 10.1 Å². The van der Waals surface area contributed by atoms with Gasteiger partial charge in [0.2, 0.25) is 0 Å². The maximum atomic E-state index is 12.4. The first kappa shape index (κ1) is 21.7. The Morgan fingerprint density at radius 1 is 1.17 bits per heavy atom. The molecule has 3 aromatic rings. The first-order chi connectivity index (χ1) is 14.3. The summed E-state index contributed by atoms with van der Waals surface area (Å²) < 4.78 is 13.0. The van der Waals surface area contributed by atoms with Crippen molar-refractivity contribution in [3.8, 4) is 5.75 Å². The number of aryl methyl sites for hydroxylation is 3. The summed E-state index contributed by atoms with van der Waals surface area (Å²) in [6.45, 7) is 8.63. The third-order valence-corrected chi connectivity index (χ3v) is 5.30. The minimum atomic E-state index is -0.677. The zero-order chi connectivity index (χ0) is 21.8. The van der Waals surface area contributed by atoms with Crippen molar-refractivity contribution in [2.24, 2.45) is 7.05 Å². The normalized spacial score (nSPS) is 12.1. The van der Waals surface area contributed by atoms with Gasteiger partial charge in [0.05, 0.1) is 12.2 Å². The van der Waals surface area contributed by atoms with Crippen LogP contribution >= 0.6 is 0 Å². The predicted molar refractivity (Wildman–Crippen MR) is 120 cm³/mol. The van der Waals surface area contributed by atoms with Crippen LogP contribution in [-0.2, 0) is 11.8 Å². The number of aliphatic hydroxyl groups excluding tert-OH is 1. The quantitative estimate of drug-likeness (QED) is 0.546. The van der Waals surface area contributed by atoms with Gasteiger partial charge in [-0.25, -0.2) is 4.79 Å². The minimum absolute atomic E-state index is 0.143. The number of carbonyl (C=O) groups is 1. The Morgan fingerprint density at radius 2 is 1.93 bits per heavy atom. The summed E-state index contributed by atoms with van der Waals surface area (Å²) in [5, 5.41) is 14.4. The van der Waals surface area contributed by atoms with Crippen molar-refractivity contribution in [1.82, 2.24) is 4.57 Å². The monoisotopic (exact) mass is 410 g/mol. The van der Waals surface area contributed by atoms with Crippen molar-refractivity contribution in [2.75, 3.05) is 25.1 Å². The number of aromatic nitrogens is 1. The second-order valence-electron chi connectivity index (χ2n) is 7.58. The van der Waals surface area contributed by atoms with E-state index in [0.717, 1.165) is 27.8 Å². The average molecular weight is 411 g/mol. The molecule has 0 saturated carbocycles. The molecule has 6 nitrogen and oxygen atoms in total. The molecule has 0 aliphatic carbocycles. The van der Waals surface area contributed by atoms with Gasteiger partial charge < -0.3 is 24.5 Å². The van der Waals surface area contributed by atoms with Gasteiger partial charge in [-0.05, 0) is 57.5 Å². The van der Waals surface area contributed by atoms with Gasteiger partial charge in [-0.1, -0.05) is 17.7 Å². The minimum Gasteiger partial charge on any atom is -0.491 e. The summed E-state index contributed by atoms with van der Waals surface area (Å²) in [7, 11) is 1.92. The largest absolute Gasteiger partial charge is 0.491 e. The fourth-order valence-electron chi connectivity index (χ4n) is 3.59. The van der Waals surface area contributed by atoms with Crippen LogP contribution in [-0.4, -0.2) is 41.5 Å². The maximum Gasteiger partial charge on any atom is 0.340 e. The Labute approximate surface area is 177 Å². The van der Waals surface area contributed by atoms with E-state index in [1.54, 1.807) is 6.92 Å². The lowest BCUT2D eigenvalue weighted by atomic mass is 10.1. The number of aliphatic hydroxyl groups is 1. The molecule has 0 radical (unpaired) electrons. The second-order valence-corrected chi connectivity index (χ2v) is 7.58. The lowest BCUT2D eigenvalue weighted by Crippen LogP contribution is -2.26. The Hall–Kier alpha value is -2.99. The smallest absolute Gasteiger partial charge is 0.340 e. The zero-order valence-electron chi connectivity index (χ0n) is 18.3. The summed E-state index contributed by atoms with van der Waals surface area (Å²) in [6, 6.07) is 11.8. The number of nitrogens with one attached hydrogen (secondary N) is 1. The van der Waals surface area contributed by atoms with E-state index in [4.69, 9.17) is 9.47 Å². The molecule has 1 aromatic heterocycles. The molecule has 6 heteroatoms. The summed E-state index contributed by atoms with van der Waals surface area (Å²) in [6.07, 6.45) is -0.677. The van der Waals surface area contributed by atoms with E-state index >= 15 is 0 Å². The molecule has 0 spiro atoms. The highest BCUT2D eigenvalue weighted by Gasteiger charge is 2.20. The number of fused-ring (bicyclic) bond motifs is 1. The van der Waals surface area contributed by atoms with Crippen LogP contribution in [0.15, 0.2) is 36.4 Å². The molecule has 0 fully saturated rings. The van der Waals surface area contributed by atoms with Crippen molar-refractivity contribution < 1.29 is 19.4 Å². The number of hydrogen-bond donors (Lipinski definition) is 2. The molecule has 160 valence electrons. The molecule has 0 aliphatic heterocycles. The topological polar surface area (TPSA) is 72.7 Å². The first-order valence-corrected chi connectivity index (χ1v) is 10.2. The standard InChI is InChI=1S/C24H30N2O4/c1-6-29-24(28)23-17(4)26(5)22-10-8-19(12-20(22)23)30-14-18(27)13-25-21-9-7-15(2)11-16(21)3/h7-12,18,25,27H,6,13-14H2,1-5H3/t18-/m1/s1. The van der Waals surface area contributed by atoms with E-state index < -0.39 is 6.10 Å². The van der Waals surface area contributed by atoms with Gasteiger partial charge in [-0.2, -0.15) is 0 Å². The SMILES string of the molecule is CCOC(=O)c1c(C)n(C)c2ccc(OC[C@H](O)CNc3ccc(C)cc3C)cc12. The summed E-state index contributed by atoms with van der Waals surface area (Å²) >= 11 is 0. The van der Waals surface area contributed by atoms with Gasteiger partial charge >= 0.3 is 5.97 Å². The van der Waals surface area contributed by atoms with Gasteiger partial charge in [-0.15, -0.1) is 0 Å². The number of hydrogen-bond acceptors (Lipinski definition) is 5. The number of nitrogens with zero attached hydrogens (tertiary/aromatic N) is 1. The molecule has 2 N–H and O–H groups in total. The molecule has 0 aliphatic rings. The molecule has 0 bridgehead atoms. The third-order valence-electron chi connectivity index (χ3n) is 5.30. The Kier molecular flexibility index (Phi) is 6.67. The number of esters is 1. The Morgan fingerprint density at radius 3 is 2.63 bits per heavy atom. The van der Waals surface area contributed by atoms with Gasteiger partial charge in [0, 0.05) is 35.9 Å². The highest BCUT2D eigenvalue weighted by atomic mass is 16.5. The van der Waals surface area contributed by atoms with Crippen LogP contribution in [0.1, 0.15) is 34.1 Å². The van der Waals surface area contributed by atoms with Gasteiger partial charge in [0.1, 0.15) is 18.5 Å². The fraction of sp³-hybridized carbons (Fsp3) is 0.375. The van der Waals surface area contributed by atoms with Crippen LogP contribution in [0, 0.1) is 20.8 Å². The molecule has 0 unspecified atom stereocenters. The Bertz CT molecular complexity index is 1060. The van der Waals surface area contributed by atoms with Crippen molar-refractivity contribution in [3.63, 3.8) is 0 Å². The summed E-state index contributed by atoms with van der Waals surface area (Å²) in [5.41, 5.74) is 5.67. The van der Waals surface area contributed by atoms with Crippen LogP contribution in [0.2, 0.25) is 0 Å². The molecular weight excluding hydrogens is 380 g/mol. The summed E-state index contributed by atoms with van der Waals surface area (Å²) in [4.78, 5) is 12.4. The maximum absolute atomic E-state index is 12.4. The average Bonchev–Trinajstić information content (AvgIpc) is 2.96. The van der Waals surface area contributed by atoms with Crippen LogP contribution in [0.3, 0.4) is 0 Å². The highest BCUT2D eigenvalue weighted by Crippen LogP contribution is 2.29. The van der Waals surface area contributed by atoms with E-state index in [-0.39, 0.29) is 12.6 Å². The third kappa shape index (κ3) is 4.60. The van der Waals surface area contributed by atoms with Gasteiger partial charge in [-0.3, -0.25) is 0 Å². The molecule has 3 rings (SSSR count). The van der Waals surface area contributed by atoms with Crippen molar-refractivity contribution >= 4 is 22.6 Å². The fourth-order valence-corrected chi connectivity index (χ4v) is 3.59. The second kappa shape index (κ2) is 9.22. The summed E-state index contributed by atoms with van der Waals surface area (Å²) in [5.74, 6) is 0.264. The Balaban J connectivity index is 1.68. The number of ether oxygens (including phenoxy) is 2. The van der Waals surface area contributed by atoms with Crippen LogP contribution in [0.4, 0.5) is 5.69 Å². The van der Waals surface area contributed by atoms with Crippen LogP contribution in [0.25, 0.3) is 10.9 Å². The highest BCUT2D eigenvalue weighted by molar-refractivity contribution is 6.06.